The van der Waals surface area contributed by atoms with Crippen molar-refractivity contribution in [3.05, 3.63) is 30.1 Å². The molecule has 1 rings (SSSR count). The first-order valence-corrected chi connectivity index (χ1v) is 6.35. The van der Waals surface area contributed by atoms with Crippen LogP contribution in [0, 0.1) is 5.82 Å². The number of likely N-dealkylation sites (N-methyl/N-ethyl adjacent to an activating group) is 1. The van der Waals surface area contributed by atoms with Gasteiger partial charge in [-0.25, -0.2) is 4.39 Å². The average Bonchev–Trinajstić information content (AvgIpc) is 2.40. The Morgan fingerprint density at radius 3 is 2.28 bits per heavy atom. The van der Waals surface area contributed by atoms with E-state index in [1.165, 1.54) is 11.0 Å². The predicted molar refractivity (Wildman–Crippen MR) is 71.9 cm³/mol. The van der Waals surface area contributed by atoms with E-state index in [9.17, 15) is 9.18 Å². The number of hydrogen-bond donors (Lipinski definition) is 1. The molecule has 0 aliphatic carbocycles. The Kier molecular flexibility index (Phi) is 4.84. The molecule has 0 saturated heterocycles. The molecular weight excluding hydrogens is 231 g/mol. The highest BCUT2D eigenvalue weighted by Gasteiger charge is 2.34. The van der Waals surface area contributed by atoms with Crippen LogP contribution < -0.4 is 10.6 Å². The minimum absolute atomic E-state index is 0.222. The van der Waals surface area contributed by atoms with Gasteiger partial charge in [-0.2, -0.15) is 0 Å². The Balaban J connectivity index is 3.12. The summed E-state index contributed by atoms with van der Waals surface area (Å²) in [7, 11) is 0. The summed E-state index contributed by atoms with van der Waals surface area (Å²) in [6, 6.07) is 6.26. The monoisotopic (exact) mass is 252 g/mol. The number of nitrogens with zero attached hydrogens (tertiary/aromatic N) is 1. The molecule has 0 bridgehead atoms. The average molecular weight is 252 g/mol. The van der Waals surface area contributed by atoms with E-state index < -0.39 is 11.4 Å². The largest absolute Gasteiger partial charge is 0.317 e. The van der Waals surface area contributed by atoms with Gasteiger partial charge in [-0.15, -0.1) is 0 Å². The van der Waals surface area contributed by atoms with Gasteiger partial charge in [0.2, 0.25) is 5.91 Å². The minimum Gasteiger partial charge on any atom is -0.317 e. The van der Waals surface area contributed by atoms with Crippen molar-refractivity contribution in [2.24, 2.45) is 5.73 Å². The fourth-order valence-corrected chi connectivity index (χ4v) is 1.92. The van der Waals surface area contributed by atoms with Crippen LogP contribution in [-0.2, 0) is 4.79 Å². The van der Waals surface area contributed by atoms with Crippen molar-refractivity contribution in [1.82, 2.24) is 0 Å². The highest BCUT2D eigenvalue weighted by Crippen LogP contribution is 2.23. The molecular formula is C14H21FN2O. The normalized spacial score (nSPS) is 11.4. The number of carbonyl (C=O) groups is 1. The number of amides is 1. The Morgan fingerprint density at radius 1 is 1.28 bits per heavy atom. The third kappa shape index (κ3) is 2.70. The van der Waals surface area contributed by atoms with Crippen LogP contribution >= 0.6 is 0 Å². The quantitative estimate of drug-likeness (QED) is 0.875. The van der Waals surface area contributed by atoms with Crippen LogP contribution in [0.3, 0.4) is 0 Å². The Morgan fingerprint density at radius 2 is 1.83 bits per heavy atom. The molecule has 0 saturated carbocycles. The fraction of sp³-hybridized carbons (Fsp3) is 0.500. The summed E-state index contributed by atoms with van der Waals surface area (Å²) in [5, 5.41) is 0. The number of anilines is 1. The Hall–Kier alpha value is -1.42. The van der Waals surface area contributed by atoms with Crippen molar-refractivity contribution in [1.29, 1.82) is 0 Å². The van der Waals surface area contributed by atoms with Crippen LogP contribution in [0.15, 0.2) is 24.3 Å². The van der Waals surface area contributed by atoms with Gasteiger partial charge in [-0.3, -0.25) is 4.79 Å². The van der Waals surface area contributed by atoms with Gasteiger partial charge < -0.3 is 10.6 Å². The van der Waals surface area contributed by atoms with E-state index in [0.29, 0.717) is 25.1 Å². The van der Waals surface area contributed by atoms with Crippen molar-refractivity contribution in [2.45, 2.75) is 39.2 Å². The van der Waals surface area contributed by atoms with Crippen molar-refractivity contribution < 1.29 is 9.18 Å². The lowest BCUT2D eigenvalue weighted by Crippen LogP contribution is -2.55. The molecule has 1 aromatic rings. The van der Waals surface area contributed by atoms with E-state index >= 15 is 0 Å². The lowest BCUT2D eigenvalue weighted by molar-refractivity contribution is -0.124. The second kappa shape index (κ2) is 5.96. The van der Waals surface area contributed by atoms with E-state index in [0.717, 1.165) is 0 Å². The number of hydrogen-bond acceptors (Lipinski definition) is 2. The minimum atomic E-state index is -0.918. The van der Waals surface area contributed by atoms with E-state index in [2.05, 4.69) is 0 Å². The lowest BCUT2D eigenvalue weighted by Gasteiger charge is -2.32. The molecule has 0 fully saturated rings. The standard InChI is InChI=1S/C14H21FN2O/c1-4-14(16,5-2)13(18)17(6-3)12-10-8-7-9-11(12)15/h7-10H,4-6,16H2,1-3H3. The summed E-state index contributed by atoms with van der Waals surface area (Å²) in [6.45, 7) is 5.96. The van der Waals surface area contributed by atoms with Crippen LogP contribution in [0.4, 0.5) is 10.1 Å². The van der Waals surface area contributed by atoms with Crippen molar-refractivity contribution >= 4 is 11.6 Å². The molecule has 100 valence electrons. The highest BCUT2D eigenvalue weighted by molar-refractivity contribution is 6.00. The molecule has 0 atom stereocenters. The van der Waals surface area contributed by atoms with Gasteiger partial charge in [-0.1, -0.05) is 26.0 Å². The molecule has 4 heteroatoms. The van der Waals surface area contributed by atoms with Crippen LogP contribution in [-0.4, -0.2) is 18.0 Å². The molecule has 0 radical (unpaired) electrons. The van der Waals surface area contributed by atoms with Crippen LogP contribution in [0.5, 0.6) is 0 Å². The highest BCUT2D eigenvalue weighted by atomic mass is 19.1. The number of halogens is 1. The lowest BCUT2D eigenvalue weighted by atomic mass is 9.92. The Labute approximate surface area is 108 Å². The third-order valence-corrected chi connectivity index (χ3v) is 3.39. The first kappa shape index (κ1) is 14.6. The topological polar surface area (TPSA) is 46.3 Å². The maximum Gasteiger partial charge on any atom is 0.247 e. The molecule has 0 spiro atoms. The molecule has 3 nitrogen and oxygen atoms in total. The molecule has 0 aromatic heterocycles. The van der Waals surface area contributed by atoms with Gasteiger partial charge in [0, 0.05) is 6.54 Å². The van der Waals surface area contributed by atoms with Crippen molar-refractivity contribution in [2.75, 3.05) is 11.4 Å². The number of nitrogens with two attached hydrogens (primary N) is 1. The van der Waals surface area contributed by atoms with E-state index in [-0.39, 0.29) is 5.91 Å². The second-order valence-corrected chi connectivity index (χ2v) is 4.36. The van der Waals surface area contributed by atoms with Gasteiger partial charge >= 0.3 is 0 Å². The van der Waals surface area contributed by atoms with Crippen LogP contribution in [0.25, 0.3) is 0 Å². The summed E-state index contributed by atoms with van der Waals surface area (Å²) in [4.78, 5) is 13.9. The molecule has 1 amide bonds. The van der Waals surface area contributed by atoms with Crippen LogP contribution in [0.2, 0.25) is 0 Å². The Bertz CT molecular complexity index is 416. The number of carbonyl (C=O) groups excluding carboxylic acids is 1. The summed E-state index contributed by atoms with van der Waals surface area (Å²) in [5.41, 5.74) is 5.47. The van der Waals surface area contributed by atoms with Gasteiger partial charge in [-0.05, 0) is 31.9 Å². The third-order valence-electron chi connectivity index (χ3n) is 3.39. The molecule has 0 unspecified atom stereocenters. The first-order chi connectivity index (χ1) is 8.50. The summed E-state index contributed by atoms with van der Waals surface area (Å²) >= 11 is 0. The van der Waals surface area contributed by atoms with Gasteiger partial charge in [0.05, 0.1) is 11.2 Å². The van der Waals surface area contributed by atoms with E-state index in [1.807, 2.05) is 20.8 Å². The fourth-order valence-electron chi connectivity index (χ4n) is 1.92. The maximum absolute atomic E-state index is 13.7. The number of benzene rings is 1. The maximum atomic E-state index is 13.7. The van der Waals surface area contributed by atoms with Crippen LogP contribution in [0.1, 0.15) is 33.6 Å². The summed E-state index contributed by atoms with van der Waals surface area (Å²) < 4.78 is 13.7. The molecule has 0 aliphatic rings. The second-order valence-electron chi connectivity index (χ2n) is 4.36. The molecule has 1 aromatic carbocycles. The molecule has 18 heavy (non-hydrogen) atoms. The van der Waals surface area contributed by atoms with Gasteiger partial charge in [0.15, 0.2) is 0 Å². The zero-order valence-corrected chi connectivity index (χ0v) is 11.2. The SMILES string of the molecule is CCN(C(=O)C(N)(CC)CC)c1ccccc1F. The number of para-hydroxylation sites is 1. The van der Waals surface area contributed by atoms with Gasteiger partial charge in [0.25, 0.3) is 0 Å². The van der Waals surface area contributed by atoms with Crippen molar-refractivity contribution in [3.8, 4) is 0 Å². The van der Waals surface area contributed by atoms with Crippen molar-refractivity contribution in [3.63, 3.8) is 0 Å². The van der Waals surface area contributed by atoms with Gasteiger partial charge in [0.1, 0.15) is 5.82 Å². The zero-order valence-electron chi connectivity index (χ0n) is 11.2. The van der Waals surface area contributed by atoms with E-state index in [4.69, 9.17) is 5.73 Å². The predicted octanol–water partition coefficient (Wildman–Crippen LogP) is 2.70. The zero-order chi connectivity index (χ0) is 13.8. The first-order valence-electron chi connectivity index (χ1n) is 6.35. The van der Waals surface area contributed by atoms with E-state index in [1.54, 1.807) is 18.2 Å². The molecule has 0 aliphatic heterocycles. The summed E-state index contributed by atoms with van der Waals surface area (Å²) in [5.74, 6) is -0.623. The molecule has 2 N–H and O–H groups in total. The molecule has 0 heterocycles. The smallest absolute Gasteiger partial charge is 0.247 e. The number of rotatable bonds is 5. The summed E-state index contributed by atoms with van der Waals surface area (Å²) in [6.07, 6.45) is 1.07.